The molecule has 0 N–H and O–H groups in total. The van der Waals surface area contributed by atoms with Gasteiger partial charge in [-0.05, 0) is 48.7 Å². The van der Waals surface area contributed by atoms with Crippen molar-refractivity contribution >= 4 is 28.8 Å². The van der Waals surface area contributed by atoms with Crippen LogP contribution in [0.4, 0.5) is 11.5 Å². The Balaban J connectivity index is 2.05. The highest BCUT2D eigenvalue weighted by Gasteiger charge is 2.15. The van der Waals surface area contributed by atoms with Gasteiger partial charge in [-0.1, -0.05) is 25.4 Å². The summed E-state index contributed by atoms with van der Waals surface area (Å²) < 4.78 is 7.11. The van der Waals surface area contributed by atoms with E-state index < -0.39 is 0 Å². The van der Waals surface area contributed by atoms with E-state index in [4.69, 9.17) is 21.3 Å². The summed E-state index contributed by atoms with van der Waals surface area (Å²) in [6, 6.07) is 9.39. The first-order chi connectivity index (χ1) is 11.5. The first-order valence-electron chi connectivity index (χ1n) is 7.73. The van der Waals surface area contributed by atoms with Crippen molar-refractivity contribution in [3.05, 3.63) is 52.8 Å². The van der Waals surface area contributed by atoms with E-state index in [0.717, 1.165) is 22.7 Å². The minimum atomic E-state index is 0.249. The molecule has 0 amide bonds. The van der Waals surface area contributed by atoms with Crippen molar-refractivity contribution < 1.29 is 4.74 Å². The summed E-state index contributed by atoms with van der Waals surface area (Å²) in [6.07, 6.45) is 1.97. The molecule has 0 aliphatic rings. The van der Waals surface area contributed by atoms with E-state index in [1.54, 1.807) is 19.2 Å². The SMILES string of the molecule is COc1ccc(N=Nc2c(C(C)C)nc3cc(C)ccn23)cc1Cl. The molecule has 0 atom stereocenters. The fraction of sp³-hybridized carbons (Fsp3) is 0.278. The number of fused-ring (bicyclic) bond motifs is 1. The number of halogens is 1. The minimum absolute atomic E-state index is 0.249. The van der Waals surface area contributed by atoms with E-state index in [9.17, 15) is 0 Å². The standard InChI is InChI=1S/C18H19ClN4O/c1-11(2)17-18(23-8-7-12(3)9-16(23)20-17)22-21-13-5-6-15(24-4)14(19)10-13/h5-11H,1-4H3. The first kappa shape index (κ1) is 16.5. The van der Waals surface area contributed by atoms with Crippen LogP contribution in [-0.2, 0) is 0 Å². The normalized spacial score (nSPS) is 11.8. The van der Waals surface area contributed by atoms with Gasteiger partial charge in [-0.15, -0.1) is 10.2 Å². The lowest BCUT2D eigenvalue weighted by molar-refractivity contribution is 0.415. The molecule has 0 spiro atoms. The van der Waals surface area contributed by atoms with Gasteiger partial charge in [0.25, 0.3) is 0 Å². The summed E-state index contributed by atoms with van der Waals surface area (Å²) in [7, 11) is 1.58. The topological polar surface area (TPSA) is 51.2 Å². The quantitative estimate of drug-likeness (QED) is 0.559. The van der Waals surface area contributed by atoms with Crippen molar-refractivity contribution in [2.75, 3.05) is 7.11 Å². The van der Waals surface area contributed by atoms with Crippen LogP contribution in [0.3, 0.4) is 0 Å². The summed E-state index contributed by atoms with van der Waals surface area (Å²) in [4.78, 5) is 4.69. The number of aromatic nitrogens is 2. The van der Waals surface area contributed by atoms with Crippen LogP contribution in [0.25, 0.3) is 5.65 Å². The van der Waals surface area contributed by atoms with Crippen molar-refractivity contribution in [2.45, 2.75) is 26.7 Å². The van der Waals surface area contributed by atoms with Gasteiger partial charge in [0.1, 0.15) is 11.4 Å². The van der Waals surface area contributed by atoms with Gasteiger partial charge < -0.3 is 4.74 Å². The molecule has 0 bridgehead atoms. The lowest BCUT2D eigenvalue weighted by Gasteiger charge is -2.03. The predicted octanol–water partition coefficient (Wildman–Crippen LogP) is 5.84. The summed E-state index contributed by atoms with van der Waals surface area (Å²) >= 11 is 6.14. The summed E-state index contributed by atoms with van der Waals surface area (Å²) in [6.45, 7) is 6.24. The molecule has 0 aliphatic heterocycles. The number of nitrogens with zero attached hydrogens (tertiary/aromatic N) is 4. The second-order valence-electron chi connectivity index (χ2n) is 5.93. The zero-order valence-electron chi connectivity index (χ0n) is 14.1. The molecule has 0 unspecified atom stereocenters. The Kier molecular flexibility index (Phi) is 4.53. The zero-order valence-corrected chi connectivity index (χ0v) is 14.9. The highest BCUT2D eigenvalue weighted by Crippen LogP contribution is 2.32. The third kappa shape index (κ3) is 3.12. The van der Waals surface area contributed by atoms with Crippen molar-refractivity contribution in [3.63, 3.8) is 0 Å². The van der Waals surface area contributed by atoms with Crippen LogP contribution < -0.4 is 4.74 Å². The van der Waals surface area contributed by atoms with Gasteiger partial charge in [-0.2, -0.15) is 0 Å². The number of azo groups is 1. The van der Waals surface area contributed by atoms with E-state index >= 15 is 0 Å². The number of methoxy groups -OCH3 is 1. The predicted molar refractivity (Wildman–Crippen MR) is 96.2 cm³/mol. The van der Waals surface area contributed by atoms with E-state index in [1.165, 1.54) is 0 Å². The molecule has 2 aromatic heterocycles. The maximum absolute atomic E-state index is 6.14. The van der Waals surface area contributed by atoms with Gasteiger partial charge in [0.15, 0.2) is 5.82 Å². The van der Waals surface area contributed by atoms with E-state index in [1.807, 2.05) is 35.7 Å². The molecule has 1 aromatic carbocycles. The number of aryl methyl sites for hydroxylation is 1. The molecule has 6 heteroatoms. The van der Waals surface area contributed by atoms with Crippen LogP contribution in [0.5, 0.6) is 5.75 Å². The first-order valence-corrected chi connectivity index (χ1v) is 8.11. The average molecular weight is 343 g/mol. The van der Waals surface area contributed by atoms with Gasteiger partial charge >= 0.3 is 0 Å². The highest BCUT2D eigenvalue weighted by molar-refractivity contribution is 6.32. The van der Waals surface area contributed by atoms with Crippen LogP contribution in [0.15, 0.2) is 46.8 Å². The number of imidazole rings is 1. The van der Waals surface area contributed by atoms with Gasteiger partial charge in [0, 0.05) is 6.20 Å². The molecule has 24 heavy (non-hydrogen) atoms. The third-order valence-electron chi connectivity index (χ3n) is 3.72. The minimum Gasteiger partial charge on any atom is -0.495 e. The number of benzene rings is 1. The number of hydrogen-bond acceptors (Lipinski definition) is 4. The van der Waals surface area contributed by atoms with Crippen LogP contribution >= 0.6 is 11.6 Å². The molecule has 2 heterocycles. The fourth-order valence-corrected chi connectivity index (χ4v) is 2.71. The molecule has 0 saturated heterocycles. The van der Waals surface area contributed by atoms with Crippen molar-refractivity contribution in [3.8, 4) is 5.75 Å². The van der Waals surface area contributed by atoms with Crippen LogP contribution in [-0.4, -0.2) is 16.5 Å². The fourth-order valence-electron chi connectivity index (χ4n) is 2.46. The van der Waals surface area contributed by atoms with E-state index in [0.29, 0.717) is 16.5 Å². The number of ether oxygens (including phenoxy) is 1. The largest absolute Gasteiger partial charge is 0.495 e. The van der Waals surface area contributed by atoms with E-state index in [2.05, 4.69) is 24.1 Å². The summed E-state index contributed by atoms with van der Waals surface area (Å²) in [5.41, 5.74) is 3.62. The van der Waals surface area contributed by atoms with Crippen LogP contribution in [0.2, 0.25) is 5.02 Å². The number of rotatable bonds is 4. The molecular weight excluding hydrogens is 324 g/mol. The summed E-state index contributed by atoms with van der Waals surface area (Å²) in [5.74, 6) is 1.61. The van der Waals surface area contributed by atoms with Crippen molar-refractivity contribution in [1.29, 1.82) is 0 Å². The second-order valence-corrected chi connectivity index (χ2v) is 6.33. The van der Waals surface area contributed by atoms with Crippen LogP contribution in [0, 0.1) is 6.92 Å². The van der Waals surface area contributed by atoms with Crippen molar-refractivity contribution in [1.82, 2.24) is 9.38 Å². The highest BCUT2D eigenvalue weighted by atomic mass is 35.5. The molecule has 3 aromatic rings. The molecule has 0 aliphatic carbocycles. The molecule has 0 saturated carbocycles. The van der Waals surface area contributed by atoms with E-state index in [-0.39, 0.29) is 5.92 Å². The Labute approximate surface area is 146 Å². The lowest BCUT2D eigenvalue weighted by atomic mass is 10.1. The third-order valence-corrected chi connectivity index (χ3v) is 4.02. The Morgan fingerprint density at radius 3 is 2.62 bits per heavy atom. The molecule has 5 nitrogen and oxygen atoms in total. The Hall–Kier alpha value is -2.40. The maximum Gasteiger partial charge on any atom is 0.183 e. The monoisotopic (exact) mass is 342 g/mol. The van der Waals surface area contributed by atoms with Crippen molar-refractivity contribution in [2.24, 2.45) is 10.2 Å². The number of pyridine rings is 1. The second kappa shape index (κ2) is 6.61. The Morgan fingerprint density at radius 2 is 1.96 bits per heavy atom. The molecule has 0 fully saturated rings. The molecule has 3 rings (SSSR count). The molecular formula is C18H19ClN4O. The lowest BCUT2D eigenvalue weighted by Crippen LogP contribution is -1.87. The summed E-state index contributed by atoms with van der Waals surface area (Å²) in [5, 5.41) is 9.27. The van der Waals surface area contributed by atoms with Crippen LogP contribution in [0.1, 0.15) is 31.0 Å². The smallest absolute Gasteiger partial charge is 0.183 e. The van der Waals surface area contributed by atoms with Gasteiger partial charge in [-0.25, -0.2) is 4.98 Å². The van der Waals surface area contributed by atoms with Gasteiger partial charge in [0.2, 0.25) is 0 Å². The Morgan fingerprint density at radius 1 is 1.17 bits per heavy atom. The molecule has 0 radical (unpaired) electrons. The zero-order chi connectivity index (χ0) is 17.3. The average Bonchev–Trinajstić information content (AvgIpc) is 2.91. The number of hydrogen-bond donors (Lipinski definition) is 0. The Bertz CT molecular complexity index is 915. The van der Waals surface area contributed by atoms with Gasteiger partial charge in [0.05, 0.1) is 23.5 Å². The molecule has 124 valence electrons. The van der Waals surface area contributed by atoms with Gasteiger partial charge in [-0.3, -0.25) is 4.40 Å². The maximum atomic E-state index is 6.14.